The molecule has 0 aliphatic carbocycles. The fourth-order valence-electron chi connectivity index (χ4n) is 4.79. The minimum Gasteiger partial charge on any atom is -0.364 e. The van der Waals surface area contributed by atoms with Crippen LogP contribution in [0.4, 0.5) is 5.69 Å². The first-order chi connectivity index (χ1) is 15.7. The zero-order valence-electron chi connectivity index (χ0n) is 19.5. The van der Waals surface area contributed by atoms with Crippen molar-refractivity contribution in [2.45, 2.75) is 32.2 Å². The van der Waals surface area contributed by atoms with Gasteiger partial charge >= 0.3 is 0 Å². The summed E-state index contributed by atoms with van der Waals surface area (Å²) in [4.78, 5) is 26.3. The van der Waals surface area contributed by atoms with Crippen LogP contribution in [-0.4, -0.2) is 92.5 Å². The monoisotopic (exact) mass is 438 g/mol. The molecular formula is C25H38N6O. The maximum Gasteiger partial charge on any atom is 0.236 e. The Balaban J connectivity index is 1.23. The van der Waals surface area contributed by atoms with Gasteiger partial charge in [-0.05, 0) is 30.5 Å². The molecule has 0 bridgehead atoms. The van der Waals surface area contributed by atoms with E-state index < -0.39 is 0 Å². The van der Waals surface area contributed by atoms with Gasteiger partial charge in [-0.15, -0.1) is 0 Å². The molecule has 2 saturated heterocycles. The lowest BCUT2D eigenvalue weighted by molar-refractivity contribution is -0.132. The Labute approximate surface area is 192 Å². The Morgan fingerprint density at radius 3 is 2.34 bits per heavy atom. The number of likely N-dealkylation sites (tertiary alicyclic amines) is 1. The molecule has 0 atom stereocenters. The van der Waals surface area contributed by atoms with E-state index in [1.807, 2.05) is 7.05 Å². The standard InChI is InChI=1S/C25H38N6O/c1-26-25(27-20-22-9-8-10-23(19-22)29-11-6-7-12-29)31-17-15-28(16-18-31)21-24(32)30-13-4-2-3-5-14-30/h6-10,19H,2-5,11-18,20-21H2,1H3,(H,26,27). The number of aliphatic imine (C=N–C) groups is 1. The number of nitrogens with one attached hydrogen (secondary N) is 1. The smallest absolute Gasteiger partial charge is 0.236 e. The van der Waals surface area contributed by atoms with Gasteiger partial charge in [-0.1, -0.05) is 37.1 Å². The lowest BCUT2D eigenvalue weighted by Crippen LogP contribution is -2.54. The number of benzene rings is 1. The third-order valence-corrected chi connectivity index (χ3v) is 6.75. The number of carbonyl (C=O) groups excluding carboxylic acids is 1. The molecule has 3 aliphatic heterocycles. The van der Waals surface area contributed by atoms with Crippen LogP contribution in [0.25, 0.3) is 0 Å². The number of guanidine groups is 1. The number of anilines is 1. The zero-order valence-corrected chi connectivity index (χ0v) is 19.5. The van der Waals surface area contributed by atoms with Crippen molar-refractivity contribution in [3.8, 4) is 0 Å². The predicted octanol–water partition coefficient (Wildman–Crippen LogP) is 2.16. The zero-order chi connectivity index (χ0) is 22.2. The highest BCUT2D eigenvalue weighted by molar-refractivity contribution is 5.80. The molecule has 0 spiro atoms. The molecule has 7 heteroatoms. The van der Waals surface area contributed by atoms with Crippen molar-refractivity contribution < 1.29 is 4.79 Å². The van der Waals surface area contributed by atoms with E-state index in [1.165, 1.54) is 24.1 Å². The van der Waals surface area contributed by atoms with Crippen molar-refractivity contribution in [2.24, 2.45) is 4.99 Å². The van der Waals surface area contributed by atoms with Crippen molar-refractivity contribution in [3.05, 3.63) is 42.0 Å². The number of nitrogens with zero attached hydrogens (tertiary/aromatic N) is 5. The summed E-state index contributed by atoms with van der Waals surface area (Å²) in [6.45, 7) is 8.75. The molecule has 7 nitrogen and oxygen atoms in total. The third-order valence-electron chi connectivity index (χ3n) is 6.75. The van der Waals surface area contributed by atoms with Gasteiger partial charge in [0.05, 0.1) is 6.54 Å². The Morgan fingerprint density at radius 1 is 0.938 bits per heavy atom. The van der Waals surface area contributed by atoms with Crippen LogP contribution >= 0.6 is 0 Å². The molecule has 0 unspecified atom stereocenters. The quantitative estimate of drug-likeness (QED) is 0.434. The highest BCUT2D eigenvalue weighted by atomic mass is 16.2. The predicted molar refractivity (Wildman–Crippen MR) is 131 cm³/mol. The molecule has 1 aromatic carbocycles. The Morgan fingerprint density at radius 2 is 1.66 bits per heavy atom. The number of amides is 1. The van der Waals surface area contributed by atoms with E-state index in [2.05, 4.69) is 66.3 Å². The first-order valence-corrected chi connectivity index (χ1v) is 12.2. The van der Waals surface area contributed by atoms with Crippen molar-refractivity contribution in [1.82, 2.24) is 20.0 Å². The normalized spacial score (nSPS) is 20.5. The minimum atomic E-state index is 0.302. The average Bonchev–Trinajstić information content (AvgIpc) is 3.23. The largest absolute Gasteiger partial charge is 0.364 e. The fourth-order valence-corrected chi connectivity index (χ4v) is 4.79. The van der Waals surface area contributed by atoms with E-state index in [1.54, 1.807) is 0 Å². The van der Waals surface area contributed by atoms with Gasteiger partial charge in [-0.25, -0.2) is 0 Å². The summed E-state index contributed by atoms with van der Waals surface area (Å²) in [7, 11) is 1.85. The summed E-state index contributed by atoms with van der Waals surface area (Å²) >= 11 is 0. The second kappa shape index (κ2) is 11.4. The van der Waals surface area contributed by atoms with Gasteiger partial charge in [0.2, 0.25) is 5.91 Å². The van der Waals surface area contributed by atoms with E-state index in [-0.39, 0.29) is 0 Å². The molecule has 1 aromatic rings. The van der Waals surface area contributed by atoms with Crippen LogP contribution < -0.4 is 10.2 Å². The van der Waals surface area contributed by atoms with Gasteiger partial charge in [0.1, 0.15) is 0 Å². The molecule has 4 rings (SSSR count). The van der Waals surface area contributed by atoms with E-state index in [0.29, 0.717) is 12.5 Å². The summed E-state index contributed by atoms with van der Waals surface area (Å²) in [5, 5.41) is 3.54. The molecule has 0 aromatic heterocycles. The molecule has 3 heterocycles. The number of carbonyl (C=O) groups is 1. The molecule has 1 N–H and O–H groups in total. The highest BCUT2D eigenvalue weighted by Gasteiger charge is 2.23. The minimum absolute atomic E-state index is 0.302. The van der Waals surface area contributed by atoms with E-state index in [4.69, 9.17) is 0 Å². The van der Waals surface area contributed by atoms with Crippen molar-refractivity contribution >= 4 is 17.6 Å². The van der Waals surface area contributed by atoms with Gasteiger partial charge in [0, 0.05) is 71.6 Å². The van der Waals surface area contributed by atoms with Crippen molar-refractivity contribution in [2.75, 3.05) is 70.9 Å². The molecular weight excluding hydrogens is 400 g/mol. The Hall–Kier alpha value is -2.54. The van der Waals surface area contributed by atoms with Crippen LogP contribution in [0.1, 0.15) is 31.2 Å². The fraction of sp³-hybridized carbons (Fsp3) is 0.600. The van der Waals surface area contributed by atoms with Crippen LogP contribution in [0, 0.1) is 0 Å². The SMILES string of the molecule is CN=C(NCc1cccc(N2CC=CC2)c1)N1CCN(CC(=O)N2CCCCCC2)CC1. The molecule has 2 fully saturated rings. The van der Waals surface area contributed by atoms with E-state index in [9.17, 15) is 4.79 Å². The Kier molecular flexibility index (Phi) is 8.04. The lowest BCUT2D eigenvalue weighted by atomic mass is 10.2. The van der Waals surface area contributed by atoms with Crippen LogP contribution in [0.5, 0.6) is 0 Å². The molecule has 0 radical (unpaired) electrons. The van der Waals surface area contributed by atoms with Crippen LogP contribution in [0.15, 0.2) is 41.4 Å². The van der Waals surface area contributed by atoms with Gasteiger partial charge in [-0.3, -0.25) is 14.7 Å². The maximum absolute atomic E-state index is 12.7. The lowest BCUT2D eigenvalue weighted by Gasteiger charge is -2.37. The third kappa shape index (κ3) is 6.03. The van der Waals surface area contributed by atoms with Gasteiger partial charge in [-0.2, -0.15) is 0 Å². The van der Waals surface area contributed by atoms with E-state index >= 15 is 0 Å². The molecule has 1 amide bonds. The molecule has 32 heavy (non-hydrogen) atoms. The summed E-state index contributed by atoms with van der Waals surface area (Å²) in [5.74, 6) is 1.24. The van der Waals surface area contributed by atoms with Gasteiger partial charge in [0.25, 0.3) is 0 Å². The summed E-state index contributed by atoms with van der Waals surface area (Å²) in [6, 6.07) is 8.74. The Bertz CT molecular complexity index is 798. The van der Waals surface area contributed by atoms with Crippen LogP contribution in [0.3, 0.4) is 0 Å². The number of rotatable bonds is 5. The van der Waals surface area contributed by atoms with Crippen molar-refractivity contribution in [3.63, 3.8) is 0 Å². The molecule has 0 saturated carbocycles. The number of hydrogen-bond donors (Lipinski definition) is 1. The average molecular weight is 439 g/mol. The first kappa shape index (κ1) is 22.6. The van der Waals surface area contributed by atoms with Crippen molar-refractivity contribution in [1.29, 1.82) is 0 Å². The first-order valence-electron chi connectivity index (χ1n) is 12.2. The number of hydrogen-bond acceptors (Lipinski definition) is 4. The topological polar surface area (TPSA) is 54.4 Å². The molecule has 3 aliphatic rings. The summed E-state index contributed by atoms with van der Waals surface area (Å²) in [6.07, 6.45) is 9.25. The maximum atomic E-state index is 12.7. The van der Waals surface area contributed by atoms with Gasteiger partial charge < -0.3 is 20.0 Å². The highest BCUT2D eigenvalue weighted by Crippen LogP contribution is 2.18. The van der Waals surface area contributed by atoms with Gasteiger partial charge in [0.15, 0.2) is 5.96 Å². The second-order valence-corrected chi connectivity index (χ2v) is 9.01. The summed E-state index contributed by atoms with van der Waals surface area (Å²) < 4.78 is 0. The molecule has 174 valence electrons. The second-order valence-electron chi connectivity index (χ2n) is 9.01. The number of piperazine rings is 1. The van der Waals surface area contributed by atoms with E-state index in [0.717, 1.165) is 77.7 Å². The van der Waals surface area contributed by atoms with Crippen LogP contribution in [0.2, 0.25) is 0 Å². The van der Waals surface area contributed by atoms with Crippen LogP contribution in [-0.2, 0) is 11.3 Å². The summed E-state index contributed by atoms with van der Waals surface area (Å²) in [5.41, 5.74) is 2.53.